The Bertz CT molecular complexity index is 131. The fraction of sp³-hybridized carbons (Fsp3) is 1.00. The number of rotatable bonds is 7. The first-order valence-electron chi connectivity index (χ1n) is 6.57. The molecule has 0 heterocycles. The average Bonchev–Trinajstić information content (AvgIpc) is 2.17. The molecule has 0 nitrogen and oxygen atoms in total. The molecule has 1 atom stereocenters. The zero-order valence-corrected chi connectivity index (χ0v) is 11.2. The molecule has 0 N–H and O–H groups in total. The third-order valence-electron chi connectivity index (χ3n) is 4.19. The van der Waals surface area contributed by atoms with Crippen LogP contribution in [0.2, 0.25) is 0 Å². The highest BCUT2D eigenvalue weighted by Gasteiger charge is 2.35. The van der Waals surface area contributed by atoms with Crippen molar-refractivity contribution in [2.75, 3.05) is 0 Å². The van der Waals surface area contributed by atoms with E-state index in [0.29, 0.717) is 5.41 Å². The van der Waals surface area contributed by atoms with Crippen LogP contribution in [-0.2, 0) is 0 Å². The quantitative estimate of drug-likeness (QED) is 0.522. The van der Waals surface area contributed by atoms with Gasteiger partial charge in [0, 0.05) is 0 Å². The van der Waals surface area contributed by atoms with Crippen molar-refractivity contribution in [2.24, 2.45) is 17.3 Å². The second kappa shape index (κ2) is 6.48. The maximum Gasteiger partial charge on any atom is -0.0272 e. The zero-order valence-electron chi connectivity index (χ0n) is 11.2. The predicted octanol–water partition coefficient (Wildman–Crippen LogP) is 5.28. The molecule has 0 spiro atoms. The Hall–Kier alpha value is 0. The third kappa shape index (κ3) is 3.00. The van der Waals surface area contributed by atoms with E-state index in [4.69, 9.17) is 0 Å². The van der Waals surface area contributed by atoms with E-state index in [-0.39, 0.29) is 0 Å². The molecule has 0 heteroatoms. The van der Waals surface area contributed by atoms with Crippen LogP contribution in [-0.4, -0.2) is 0 Å². The van der Waals surface area contributed by atoms with Gasteiger partial charge in [-0.05, 0) is 23.7 Å². The van der Waals surface area contributed by atoms with Gasteiger partial charge < -0.3 is 0 Å². The summed E-state index contributed by atoms with van der Waals surface area (Å²) >= 11 is 0. The van der Waals surface area contributed by atoms with Crippen LogP contribution in [0.15, 0.2) is 0 Å². The number of hydrogen-bond donors (Lipinski definition) is 0. The molecule has 0 aromatic rings. The molecule has 0 bridgehead atoms. The van der Waals surface area contributed by atoms with E-state index in [2.05, 4.69) is 41.5 Å². The summed E-state index contributed by atoms with van der Waals surface area (Å²) in [6, 6.07) is 0. The molecule has 0 aliphatic carbocycles. The highest BCUT2D eigenvalue weighted by molar-refractivity contribution is 4.85. The van der Waals surface area contributed by atoms with Crippen molar-refractivity contribution in [3.63, 3.8) is 0 Å². The van der Waals surface area contributed by atoms with Crippen LogP contribution in [0.1, 0.15) is 73.6 Å². The standard InChI is InChI=1S/C14H30/c1-7-11-14(9-3,10-4)13(8-2)12(5)6/h12-13H,7-11H2,1-6H3. The van der Waals surface area contributed by atoms with Gasteiger partial charge in [-0.2, -0.15) is 0 Å². The van der Waals surface area contributed by atoms with Gasteiger partial charge in [0.25, 0.3) is 0 Å². The maximum absolute atomic E-state index is 2.39. The molecule has 0 aliphatic heterocycles. The van der Waals surface area contributed by atoms with Gasteiger partial charge in [-0.1, -0.05) is 67.2 Å². The molecule has 0 saturated heterocycles. The van der Waals surface area contributed by atoms with Crippen LogP contribution in [0.4, 0.5) is 0 Å². The van der Waals surface area contributed by atoms with E-state index in [1.165, 1.54) is 32.1 Å². The Morgan fingerprint density at radius 1 is 0.929 bits per heavy atom. The minimum atomic E-state index is 0.623. The van der Waals surface area contributed by atoms with E-state index < -0.39 is 0 Å². The van der Waals surface area contributed by atoms with E-state index in [0.717, 1.165) is 11.8 Å². The van der Waals surface area contributed by atoms with Gasteiger partial charge >= 0.3 is 0 Å². The first-order valence-corrected chi connectivity index (χ1v) is 6.57. The maximum atomic E-state index is 2.39. The Morgan fingerprint density at radius 3 is 1.64 bits per heavy atom. The summed E-state index contributed by atoms with van der Waals surface area (Å²) < 4.78 is 0. The second-order valence-corrected chi connectivity index (χ2v) is 5.08. The first kappa shape index (κ1) is 14.0. The lowest BCUT2D eigenvalue weighted by Crippen LogP contribution is -2.32. The summed E-state index contributed by atoms with van der Waals surface area (Å²) in [5, 5.41) is 0. The van der Waals surface area contributed by atoms with Crippen LogP contribution in [0, 0.1) is 17.3 Å². The molecule has 0 saturated carbocycles. The van der Waals surface area contributed by atoms with Crippen LogP contribution in [0.25, 0.3) is 0 Å². The highest BCUT2D eigenvalue weighted by atomic mass is 14.4. The van der Waals surface area contributed by atoms with E-state index in [1.54, 1.807) is 0 Å². The summed E-state index contributed by atoms with van der Waals surface area (Å²) in [6.45, 7) is 14.2. The van der Waals surface area contributed by atoms with E-state index in [1.807, 2.05) is 0 Å². The molecule has 0 radical (unpaired) electrons. The Balaban J connectivity index is 4.72. The highest BCUT2D eigenvalue weighted by Crippen LogP contribution is 2.45. The number of hydrogen-bond acceptors (Lipinski definition) is 0. The normalized spacial score (nSPS) is 14.8. The third-order valence-corrected chi connectivity index (χ3v) is 4.19. The molecule has 14 heavy (non-hydrogen) atoms. The average molecular weight is 198 g/mol. The SMILES string of the molecule is CCCC(CC)(CC)C(CC)C(C)C. The first-order chi connectivity index (χ1) is 6.57. The summed E-state index contributed by atoms with van der Waals surface area (Å²) in [7, 11) is 0. The molecule has 0 aromatic heterocycles. The molecule has 1 unspecified atom stereocenters. The fourth-order valence-corrected chi connectivity index (χ4v) is 3.42. The molecule has 0 rings (SSSR count). The molecule has 0 aromatic carbocycles. The van der Waals surface area contributed by atoms with Gasteiger partial charge in [-0.3, -0.25) is 0 Å². The predicted molar refractivity (Wildman–Crippen MR) is 66.5 cm³/mol. The van der Waals surface area contributed by atoms with Gasteiger partial charge in [0.05, 0.1) is 0 Å². The van der Waals surface area contributed by atoms with Gasteiger partial charge in [0.2, 0.25) is 0 Å². The molecule has 0 amide bonds. The van der Waals surface area contributed by atoms with Crippen molar-refractivity contribution in [2.45, 2.75) is 73.6 Å². The largest absolute Gasteiger partial charge is 0.0654 e. The molecule has 86 valence electrons. The molecular weight excluding hydrogens is 168 g/mol. The lowest BCUT2D eigenvalue weighted by atomic mass is 9.63. The Kier molecular flexibility index (Phi) is 6.48. The van der Waals surface area contributed by atoms with Crippen molar-refractivity contribution in [3.8, 4) is 0 Å². The minimum absolute atomic E-state index is 0.623. The smallest absolute Gasteiger partial charge is 0.0272 e. The van der Waals surface area contributed by atoms with Gasteiger partial charge in [0.1, 0.15) is 0 Å². The lowest BCUT2D eigenvalue weighted by molar-refractivity contribution is 0.0833. The van der Waals surface area contributed by atoms with Crippen molar-refractivity contribution >= 4 is 0 Å². The summed E-state index contributed by atoms with van der Waals surface area (Å²) in [5.41, 5.74) is 0.623. The van der Waals surface area contributed by atoms with Crippen LogP contribution in [0.5, 0.6) is 0 Å². The van der Waals surface area contributed by atoms with Gasteiger partial charge in [0.15, 0.2) is 0 Å². The Morgan fingerprint density at radius 2 is 1.43 bits per heavy atom. The molecule has 0 aliphatic rings. The second-order valence-electron chi connectivity index (χ2n) is 5.08. The topological polar surface area (TPSA) is 0 Å². The fourth-order valence-electron chi connectivity index (χ4n) is 3.42. The summed E-state index contributed by atoms with van der Waals surface area (Å²) in [6.07, 6.45) is 6.81. The van der Waals surface area contributed by atoms with E-state index in [9.17, 15) is 0 Å². The van der Waals surface area contributed by atoms with Crippen molar-refractivity contribution in [1.29, 1.82) is 0 Å². The van der Waals surface area contributed by atoms with Crippen LogP contribution < -0.4 is 0 Å². The Labute approximate surface area is 91.5 Å². The zero-order chi connectivity index (χ0) is 11.2. The van der Waals surface area contributed by atoms with Crippen molar-refractivity contribution in [1.82, 2.24) is 0 Å². The van der Waals surface area contributed by atoms with Crippen LogP contribution in [0.3, 0.4) is 0 Å². The summed E-state index contributed by atoms with van der Waals surface area (Å²) in [5.74, 6) is 1.75. The van der Waals surface area contributed by atoms with Crippen LogP contribution >= 0.6 is 0 Å². The van der Waals surface area contributed by atoms with Crippen molar-refractivity contribution < 1.29 is 0 Å². The van der Waals surface area contributed by atoms with Gasteiger partial charge in [-0.25, -0.2) is 0 Å². The minimum Gasteiger partial charge on any atom is -0.0654 e. The van der Waals surface area contributed by atoms with Gasteiger partial charge in [-0.15, -0.1) is 0 Å². The monoisotopic (exact) mass is 198 g/mol. The molecule has 0 fully saturated rings. The summed E-state index contributed by atoms with van der Waals surface area (Å²) in [4.78, 5) is 0. The molecular formula is C14H30. The lowest BCUT2D eigenvalue weighted by Gasteiger charge is -2.42. The van der Waals surface area contributed by atoms with E-state index >= 15 is 0 Å². The van der Waals surface area contributed by atoms with Crippen molar-refractivity contribution in [3.05, 3.63) is 0 Å².